The van der Waals surface area contributed by atoms with Gasteiger partial charge in [0.2, 0.25) is 0 Å². The van der Waals surface area contributed by atoms with Crippen molar-refractivity contribution in [2.45, 2.75) is 25.0 Å². The highest BCUT2D eigenvalue weighted by Crippen LogP contribution is 2.29. The van der Waals surface area contributed by atoms with E-state index >= 15 is 0 Å². The van der Waals surface area contributed by atoms with Crippen LogP contribution in [0.15, 0.2) is 67.0 Å². The van der Waals surface area contributed by atoms with Gasteiger partial charge >= 0.3 is 0 Å². The lowest BCUT2D eigenvalue weighted by Crippen LogP contribution is -2.31. The van der Waals surface area contributed by atoms with E-state index in [4.69, 9.17) is 0 Å². The molecule has 1 amide bonds. The number of carbonyl (C=O) groups is 1. The number of halogens is 1. The first-order valence-electron chi connectivity index (χ1n) is 9.62. The Hall–Kier alpha value is -3.03. The fourth-order valence-corrected chi connectivity index (χ4v) is 3.79. The molecule has 0 saturated carbocycles. The van der Waals surface area contributed by atoms with Gasteiger partial charge in [-0.15, -0.1) is 0 Å². The molecule has 4 rings (SSSR count). The third kappa shape index (κ3) is 4.52. The second-order valence-electron chi connectivity index (χ2n) is 7.31. The second-order valence-corrected chi connectivity index (χ2v) is 7.31. The highest BCUT2D eigenvalue weighted by atomic mass is 19.1. The molecule has 0 aliphatic carbocycles. The number of rotatable bonds is 6. The number of aromatic nitrogens is 2. The van der Waals surface area contributed by atoms with Crippen molar-refractivity contribution in [2.24, 2.45) is 0 Å². The summed E-state index contributed by atoms with van der Waals surface area (Å²) in [7, 11) is 0. The van der Waals surface area contributed by atoms with Crippen LogP contribution in [0, 0.1) is 5.82 Å². The lowest BCUT2D eigenvalue weighted by Gasteiger charge is -2.22. The Morgan fingerprint density at radius 2 is 2.03 bits per heavy atom. The van der Waals surface area contributed by atoms with E-state index < -0.39 is 5.82 Å². The molecule has 1 aliphatic heterocycles. The molecule has 2 aromatic carbocycles. The SMILES string of the molecule is O=C(Nc1cnn([C@H]2C[C@@H](CO)N(Cc3ccccc3)C2)c1)c1cccc(F)c1. The Balaban J connectivity index is 1.42. The number of carbonyl (C=O) groups excluding carboxylic acids is 1. The van der Waals surface area contributed by atoms with Crippen LogP contribution in [0.5, 0.6) is 0 Å². The van der Waals surface area contributed by atoms with Crippen molar-refractivity contribution in [3.8, 4) is 0 Å². The number of nitrogens with one attached hydrogen (secondary N) is 1. The van der Waals surface area contributed by atoms with Gasteiger partial charge in [0.25, 0.3) is 5.91 Å². The Morgan fingerprint density at radius 3 is 2.79 bits per heavy atom. The van der Waals surface area contributed by atoms with Crippen molar-refractivity contribution in [3.63, 3.8) is 0 Å². The predicted molar refractivity (Wildman–Crippen MR) is 108 cm³/mol. The van der Waals surface area contributed by atoms with E-state index in [0.29, 0.717) is 5.69 Å². The van der Waals surface area contributed by atoms with Gasteiger partial charge in [0.05, 0.1) is 24.5 Å². The first-order valence-corrected chi connectivity index (χ1v) is 9.62. The topological polar surface area (TPSA) is 70.4 Å². The highest BCUT2D eigenvalue weighted by Gasteiger charge is 2.33. The van der Waals surface area contributed by atoms with Crippen LogP contribution in [0.1, 0.15) is 28.4 Å². The normalized spacial score (nSPS) is 19.4. The molecular weight excluding hydrogens is 371 g/mol. The Bertz CT molecular complexity index is 976. The number of hydrogen-bond donors (Lipinski definition) is 2. The maximum Gasteiger partial charge on any atom is 0.255 e. The van der Waals surface area contributed by atoms with E-state index in [1.165, 1.54) is 23.8 Å². The molecule has 1 aliphatic rings. The molecule has 2 heterocycles. The van der Waals surface area contributed by atoms with Gasteiger partial charge in [-0.05, 0) is 30.2 Å². The summed E-state index contributed by atoms with van der Waals surface area (Å²) in [5.74, 6) is -0.831. The zero-order valence-electron chi connectivity index (χ0n) is 15.9. The van der Waals surface area contributed by atoms with Crippen LogP contribution in [-0.2, 0) is 6.54 Å². The molecule has 0 unspecified atom stereocenters. The Labute approximate surface area is 168 Å². The minimum atomic E-state index is -0.451. The monoisotopic (exact) mass is 394 g/mol. The van der Waals surface area contributed by atoms with Crippen LogP contribution in [-0.4, -0.2) is 44.9 Å². The summed E-state index contributed by atoms with van der Waals surface area (Å²) in [4.78, 5) is 14.6. The zero-order valence-corrected chi connectivity index (χ0v) is 15.9. The summed E-state index contributed by atoms with van der Waals surface area (Å²) < 4.78 is 15.1. The molecule has 29 heavy (non-hydrogen) atoms. The summed E-state index contributed by atoms with van der Waals surface area (Å²) in [6.45, 7) is 1.62. The van der Waals surface area contributed by atoms with Crippen LogP contribution in [0.4, 0.5) is 10.1 Å². The van der Waals surface area contributed by atoms with Gasteiger partial charge in [-0.1, -0.05) is 36.4 Å². The minimum Gasteiger partial charge on any atom is -0.395 e. The summed E-state index contributed by atoms with van der Waals surface area (Å²) >= 11 is 0. The zero-order chi connectivity index (χ0) is 20.2. The molecule has 0 bridgehead atoms. The maximum absolute atomic E-state index is 13.3. The van der Waals surface area contributed by atoms with Gasteiger partial charge in [0, 0.05) is 30.9 Å². The van der Waals surface area contributed by atoms with Crippen molar-refractivity contribution in [1.29, 1.82) is 0 Å². The smallest absolute Gasteiger partial charge is 0.255 e. The molecule has 1 fully saturated rings. The van der Waals surface area contributed by atoms with Crippen LogP contribution in [0.2, 0.25) is 0 Å². The van der Waals surface area contributed by atoms with Crippen molar-refractivity contribution in [2.75, 3.05) is 18.5 Å². The molecule has 0 radical (unpaired) electrons. The van der Waals surface area contributed by atoms with E-state index in [0.717, 1.165) is 19.5 Å². The van der Waals surface area contributed by atoms with Crippen LogP contribution in [0.3, 0.4) is 0 Å². The summed E-state index contributed by atoms with van der Waals surface area (Å²) in [6.07, 6.45) is 4.15. The molecule has 1 aromatic heterocycles. The highest BCUT2D eigenvalue weighted by molar-refractivity contribution is 6.04. The van der Waals surface area contributed by atoms with Crippen molar-refractivity contribution >= 4 is 11.6 Å². The second kappa shape index (κ2) is 8.55. The average molecular weight is 394 g/mol. The molecule has 3 aromatic rings. The van der Waals surface area contributed by atoms with Crippen molar-refractivity contribution < 1.29 is 14.3 Å². The molecule has 150 valence electrons. The first kappa shape index (κ1) is 19.3. The molecule has 1 saturated heterocycles. The molecule has 2 atom stereocenters. The summed E-state index contributed by atoms with van der Waals surface area (Å²) in [5, 5.41) is 16.9. The molecule has 2 N–H and O–H groups in total. The van der Waals surface area contributed by atoms with E-state index in [9.17, 15) is 14.3 Å². The predicted octanol–water partition coefficient (Wildman–Crippen LogP) is 3.08. The summed E-state index contributed by atoms with van der Waals surface area (Å²) in [5.41, 5.74) is 2.02. The number of likely N-dealkylation sites (tertiary alicyclic amines) is 1. The maximum atomic E-state index is 13.3. The van der Waals surface area contributed by atoms with Gasteiger partial charge in [-0.3, -0.25) is 14.4 Å². The number of anilines is 1. The van der Waals surface area contributed by atoms with Gasteiger partial charge in [-0.25, -0.2) is 4.39 Å². The fourth-order valence-electron chi connectivity index (χ4n) is 3.79. The number of aliphatic hydroxyl groups excluding tert-OH is 1. The van der Waals surface area contributed by atoms with E-state index in [1.54, 1.807) is 18.5 Å². The van der Waals surface area contributed by atoms with Crippen LogP contribution >= 0.6 is 0 Å². The molecular formula is C22H23FN4O2. The van der Waals surface area contributed by atoms with Gasteiger partial charge in [0.1, 0.15) is 5.82 Å². The lowest BCUT2D eigenvalue weighted by atomic mass is 10.1. The Morgan fingerprint density at radius 1 is 1.21 bits per heavy atom. The Kier molecular flexibility index (Phi) is 5.69. The van der Waals surface area contributed by atoms with Crippen LogP contribution in [0.25, 0.3) is 0 Å². The van der Waals surface area contributed by atoms with Crippen LogP contribution < -0.4 is 5.32 Å². The van der Waals surface area contributed by atoms with Gasteiger partial charge < -0.3 is 10.4 Å². The first-order chi connectivity index (χ1) is 14.1. The standard InChI is InChI=1S/C22H23FN4O2/c23-18-8-4-7-17(9-18)22(29)25-19-11-24-27(13-19)20-10-21(15-28)26(14-20)12-16-5-2-1-3-6-16/h1-9,11,13,20-21,28H,10,12,14-15H2,(H,25,29)/t20-,21-/m0/s1. The number of hydrogen-bond acceptors (Lipinski definition) is 4. The quantitative estimate of drug-likeness (QED) is 0.674. The average Bonchev–Trinajstić information content (AvgIpc) is 3.35. The van der Waals surface area contributed by atoms with Crippen molar-refractivity contribution in [1.82, 2.24) is 14.7 Å². The fraction of sp³-hybridized carbons (Fsp3) is 0.273. The minimum absolute atomic E-state index is 0.0646. The number of nitrogens with zero attached hydrogens (tertiary/aromatic N) is 3. The lowest BCUT2D eigenvalue weighted by molar-refractivity contribution is 0.102. The van der Waals surface area contributed by atoms with Gasteiger partial charge in [-0.2, -0.15) is 5.10 Å². The third-order valence-electron chi connectivity index (χ3n) is 5.27. The molecule has 7 heteroatoms. The third-order valence-corrected chi connectivity index (χ3v) is 5.27. The number of amides is 1. The number of aliphatic hydroxyl groups is 1. The van der Waals surface area contributed by atoms with E-state index in [1.807, 2.05) is 22.9 Å². The van der Waals surface area contributed by atoms with E-state index in [2.05, 4.69) is 27.4 Å². The van der Waals surface area contributed by atoms with Gasteiger partial charge in [0.15, 0.2) is 0 Å². The number of benzene rings is 2. The molecule has 0 spiro atoms. The largest absolute Gasteiger partial charge is 0.395 e. The summed E-state index contributed by atoms with van der Waals surface area (Å²) in [6, 6.07) is 15.9. The molecule has 6 nitrogen and oxygen atoms in total. The van der Waals surface area contributed by atoms with Crippen molar-refractivity contribution in [3.05, 3.63) is 83.9 Å². The van der Waals surface area contributed by atoms with E-state index in [-0.39, 0.29) is 30.2 Å².